The first-order valence-corrected chi connectivity index (χ1v) is 6.43. The summed E-state index contributed by atoms with van der Waals surface area (Å²) >= 11 is 0. The molecule has 90 valence electrons. The summed E-state index contributed by atoms with van der Waals surface area (Å²) in [5, 5.41) is 11.3. The van der Waals surface area contributed by atoms with E-state index in [1.807, 2.05) is 18.3 Å². The molecule has 2 N–H and O–H groups in total. The van der Waals surface area contributed by atoms with Crippen molar-refractivity contribution in [2.75, 3.05) is 0 Å². The molecule has 3 nitrogen and oxygen atoms in total. The molecule has 0 radical (unpaired) electrons. The molecule has 0 spiro atoms. The van der Waals surface area contributed by atoms with Gasteiger partial charge in [-0.25, -0.2) is 4.99 Å². The van der Waals surface area contributed by atoms with Gasteiger partial charge in [-0.05, 0) is 24.8 Å². The maximum absolute atomic E-state index is 10.2. The number of aromatic nitrogens is 1. The smallest absolute Gasteiger partial charge is 0.137 e. The van der Waals surface area contributed by atoms with Crippen LogP contribution in [0.5, 0.6) is 0 Å². The minimum atomic E-state index is -0.361. The summed E-state index contributed by atoms with van der Waals surface area (Å²) in [6.45, 7) is 0. The van der Waals surface area contributed by atoms with Crippen molar-refractivity contribution in [2.45, 2.75) is 38.2 Å². The molecular weight excluding hydrogens is 212 g/mol. The fourth-order valence-corrected chi connectivity index (χ4v) is 2.48. The third-order valence-electron chi connectivity index (χ3n) is 3.77. The van der Waals surface area contributed by atoms with Crippen molar-refractivity contribution in [3.8, 4) is 0 Å². The van der Waals surface area contributed by atoms with Crippen molar-refractivity contribution in [2.24, 2.45) is 10.9 Å². The molecule has 1 aliphatic carbocycles. The highest BCUT2D eigenvalue weighted by atomic mass is 16.3. The van der Waals surface area contributed by atoms with Gasteiger partial charge in [0, 0.05) is 17.1 Å². The van der Waals surface area contributed by atoms with Gasteiger partial charge in [-0.1, -0.05) is 31.4 Å². The Labute approximate surface area is 101 Å². The molecule has 0 bridgehead atoms. The summed E-state index contributed by atoms with van der Waals surface area (Å²) in [6.07, 6.45) is 11.3. The highest BCUT2D eigenvalue weighted by molar-refractivity contribution is 5.28. The lowest BCUT2D eigenvalue weighted by Gasteiger charge is -2.27. The third-order valence-corrected chi connectivity index (χ3v) is 3.77. The number of fused-ring (bicyclic) bond motifs is 1. The van der Waals surface area contributed by atoms with Crippen LogP contribution in [0.15, 0.2) is 23.3 Å². The van der Waals surface area contributed by atoms with E-state index in [-0.39, 0.29) is 6.10 Å². The first-order chi connectivity index (χ1) is 8.33. The van der Waals surface area contributed by atoms with Crippen LogP contribution in [0.1, 0.15) is 43.9 Å². The van der Waals surface area contributed by atoms with E-state index in [4.69, 9.17) is 0 Å². The quantitative estimate of drug-likeness (QED) is 0.813. The second-order valence-electron chi connectivity index (χ2n) is 5.03. The minimum absolute atomic E-state index is 0.361. The van der Waals surface area contributed by atoms with Gasteiger partial charge in [-0.2, -0.15) is 0 Å². The van der Waals surface area contributed by atoms with E-state index in [2.05, 4.69) is 16.1 Å². The van der Waals surface area contributed by atoms with Crippen LogP contribution in [0, 0.1) is 5.92 Å². The Hall–Kier alpha value is -1.35. The molecule has 1 unspecified atom stereocenters. The lowest BCUT2D eigenvalue weighted by Crippen LogP contribution is -2.21. The SMILES string of the molecule is OC(CC1CCC1)c1cc2c([nH]1)=NC=CCC=2. The Morgan fingerprint density at radius 3 is 3.12 bits per heavy atom. The van der Waals surface area contributed by atoms with Crippen molar-refractivity contribution < 1.29 is 5.11 Å². The van der Waals surface area contributed by atoms with Crippen molar-refractivity contribution in [3.05, 3.63) is 34.7 Å². The highest BCUT2D eigenvalue weighted by Gasteiger charge is 2.22. The van der Waals surface area contributed by atoms with E-state index in [0.717, 1.165) is 29.2 Å². The van der Waals surface area contributed by atoms with Crippen molar-refractivity contribution in [1.29, 1.82) is 0 Å². The van der Waals surface area contributed by atoms with E-state index < -0.39 is 0 Å². The maximum Gasteiger partial charge on any atom is 0.137 e. The van der Waals surface area contributed by atoms with Gasteiger partial charge in [0.15, 0.2) is 0 Å². The number of H-pyrrole nitrogens is 1. The zero-order valence-corrected chi connectivity index (χ0v) is 9.89. The third kappa shape index (κ3) is 2.20. The molecular formula is C14H18N2O. The topological polar surface area (TPSA) is 48.4 Å². The van der Waals surface area contributed by atoms with E-state index in [9.17, 15) is 5.11 Å². The monoisotopic (exact) mass is 230 g/mol. The molecule has 0 aromatic carbocycles. The predicted octanol–water partition coefficient (Wildman–Crippen LogP) is 1.56. The molecule has 2 heterocycles. The lowest BCUT2D eigenvalue weighted by molar-refractivity contribution is 0.115. The summed E-state index contributed by atoms with van der Waals surface area (Å²) in [4.78, 5) is 7.55. The largest absolute Gasteiger partial charge is 0.387 e. The fourth-order valence-electron chi connectivity index (χ4n) is 2.48. The minimum Gasteiger partial charge on any atom is -0.387 e. The van der Waals surface area contributed by atoms with Crippen LogP contribution in [-0.2, 0) is 0 Å². The van der Waals surface area contributed by atoms with Gasteiger partial charge in [0.05, 0.1) is 6.10 Å². The van der Waals surface area contributed by atoms with Gasteiger partial charge >= 0.3 is 0 Å². The highest BCUT2D eigenvalue weighted by Crippen LogP contribution is 2.33. The summed E-state index contributed by atoms with van der Waals surface area (Å²) in [5.41, 5.74) is 1.79. The van der Waals surface area contributed by atoms with Gasteiger partial charge in [-0.15, -0.1) is 0 Å². The van der Waals surface area contributed by atoms with Crippen LogP contribution in [-0.4, -0.2) is 10.1 Å². The molecule has 1 fully saturated rings. The van der Waals surface area contributed by atoms with Gasteiger partial charge < -0.3 is 10.1 Å². The van der Waals surface area contributed by atoms with Gasteiger partial charge in [0.1, 0.15) is 5.49 Å². The van der Waals surface area contributed by atoms with Crippen LogP contribution in [0.4, 0.5) is 0 Å². The van der Waals surface area contributed by atoms with E-state index in [0.29, 0.717) is 5.92 Å². The van der Waals surface area contributed by atoms with Crippen LogP contribution < -0.4 is 10.7 Å². The second kappa shape index (κ2) is 4.49. The normalized spacial score (nSPS) is 20.8. The summed E-state index contributed by atoms with van der Waals surface area (Å²) in [5.74, 6) is 0.717. The van der Waals surface area contributed by atoms with Crippen molar-refractivity contribution in [1.82, 2.24) is 4.98 Å². The second-order valence-corrected chi connectivity index (χ2v) is 5.03. The number of allylic oxidation sites excluding steroid dienone is 1. The van der Waals surface area contributed by atoms with Gasteiger partial charge in [-0.3, -0.25) is 0 Å². The predicted molar refractivity (Wildman–Crippen MR) is 66.7 cm³/mol. The number of hydrogen-bond acceptors (Lipinski definition) is 2. The summed E-state index contributed by atoms with van der Waals surface area (Å²) in [7, 11) is 0. The van der Waals surface area contributed by atoms with E-state index >= 15 is 0 Å². The van der Waals surface area contributed by atoms with Crippen LogP contribution in [0.2, 0.25) is 0 Å². The van der Waals surface area contributed by atoms with Gasteiger partial charge in [0.25, 0.3) is 0 Å². The molecule has 1 atom stereocenters. The molecule has 3 rings (SSSR count). The number of aliphatic hydroxyl groups is 1. The molecule has 1 aromatic heterocycles. The molecule has 0 amide bonds. The Bertz CT molecular complexity index is 537. The number of nitrogens with one attached hydrogen (secondary N) is 1. The van der Waals surface area contributed by atoms with Crippen LogP contribution in [0.25, 0.3) is 6.08 Å². The zero-order valence-electron chi connectivity index (χ0n) is 9.89. The Balaban J connectivity index is 1.84. The van der Waals surface area contributed by atoms with Crippen LogP contribution >= 0.6 is 0 Å². The van der Waals surface area contributed by atoms with Crippen molar-refractivity contribution in [3.63, 3.8) is 0 Å². The Kier molecular flexibility index (Phi) is 2.85. The van der Waals surface area contributed by atoms with Crippen LogP contribution in [0.3, 0.4) is 0 Å². The number of aromatic amines is 1. The zero-order chi connectivity index (χ0) is 11.7. The summed E-state index contributed by atoms with van der Waals surface area (Å²) < 4.78 is 0. The first-order valence-electron chi connectivity index (χ1n) is 6.43. The van der Waals surface area contributed by atoms with Gasteiger partial charge in [0.2, 0.25) is 0 Å². The molecule has 1 aromatic rings. The Morgan fingerprint density at radius 1 is 1.47 bits per heavy atom. The number of aliphatic hydroxyl groups excluding tert-OH is 1. The number of rotatable bonds is 3. The fraction of sp³-hybridized carbons (Fsp3) is 0.500. The Morgan fingerprint density at radius 2 is 2.35 bits per heavy atom. The maximum atomic E-state index is 10.2. The number of nitrogens with zero attached hydrogens (tertiary/aromatic N) is 1. The summed E-state index contributed by atoms with van der Waals surface area (Å²) in [6, 6.07) is 2.04. The standard InChI is InChI=1S/C14H18N2O/c17-13(8-10-4-3-5-10)12-9-11-6-1-2-7-15-14(11)16-12/h2,6-7,9-10,13,17H,1,3-5,8H2,(H,15,16). The average molecular weight is 230 g/mol. The number of hydrogen-bond donors (Lipinski definition) is 2. The molecule has 0 saturated heterocycles. The lowest BCUT2D eigenvalue weighted by atomic mass is 9.81. The molecule has 17 heavy (non-hydrogen) atoms. The van der Waals surface area contributed by atoms with E-state index in [1.165, 1.54) is 19.3 Å². The molecule has 3 heteroatoms. The first kappa shape index (κ1) is 10.8. The average Bonchev–Trinajstić information content (AvgIpc) is 2.55. The molecule has 2 aliphatic rings. The van der Waals surface area contributed by atoms with E-state index in [1.54, 1.807) is 0 Å². The van der Waals surface area contributed by atoms with Crippen molar-refractivity contribution >= 4 is 6.08 Å². The molecule has 1 saturated carbocycles. The molecule has 1 aliphatic heterocycles.